The van der Waals surface area contributed by atoms with Gasteiger partial charge >= 0.3 is 0 Å². The van der Waals surface area contributed by atoms with Crippen LogP contribution < -0.4 is 15.4 Å². The van der Waals surface area contributed by atoms with Gasteiger partial charge in [0.05, 0.1) is 7.11 Å². The van der Waals surface area contributed by atoms with Gasteiger partial charge in [0.15, 0.2) is 11.6 Å². The molecule has 0 spiro atoms. The maximum atomic E-state index is 13.2. The van der Waals surface area contributed by atoms with Crippen LogP contribution in [0.2, 0.25) is 0 Å². The average Bonchev–Trinajstić information content (AvgIpc) is 2.25. The molecular formula is C11H17FN2O. The third kappa shape index (κ3) is 3.75. The van der Waals surface area contributed by atoms with E-state index in [1.807, 2.05) is 7.05 Å². The maximum Gasteiger partial charge on any atom is 0.167 e. The molecule has 0 radical (unpaired) electrons. The average molecular weight is 212 g/mol. The van der Waals surface area contributed by atoms with E-state index in [4.69, 9.17) is 4.74 Å². The number of nitrogens with one attached hydrogen (secondary N) is 2. The molecule has 0 aromatic heterocycles. The van der Waals surface area contributed by atoms with Crippen molar-refractivity contribution < 1.29 is 9.13 Å². The van der Waals surface area contributed by atoms with E-state index in [-0.39, 0.29) is 11.6 Å². The fraction of sp³-hybridized carbons (Fsp3) is 0.455. The Morgan fingerprint density at radius 2 is 2.13 bits per heavy atom. The molecule has 0 aliphatic heterocycles. The minimum atomic E-state index is -0.337. The molecular weight excluding hydrogens is 195 g/mol. The lowest BCUT2D eigenvalue weighted by molar-refractivity contribution is 0.386. The van der Waals surface area contributed by atoms with Crippen LogP contribution in [0.4, 0.5) is 10.1 Å². The maximum absolute atomic E-state index is 13.2. The summed E-state index contributed by atoms with van der Waals surface area (Å²) in [5.41, 5.74) is 0.782. The van der Waals surface area contributed by atoms with Crippen LogP contribution in [0.25, 0.3) is 0 Å². The van der Waals surface area contributed by atoms with Crippen molar-refractivity contribution in [1.82, 2.24) is 5.32 Å². The zero-order valence-corrected chi connectivity index (χ0v) is 9.14. The normalized spacial score (nSPS) is 10.1. The molecule has 0 saturated heterocycles. The minimum absolute atomic E-state index is 0.274. The van der Waals surface area contributed by atoms with Crippen molar-refractivity contribution >= 4 is 5.69 Å². The molecule has 1 rings (SSSR count). The molecule has 4 heteroatoms. The van der Waals surface area contributed by atoms with Gasteiger partial charge in [0.25, 0.3) is 0 Å². The van der Waals surface area contributed by atoms with E-state index in [1.165, 1.54) is 13.2 Å². The number of halogens is 1. The fourth-order valence-corrected chi connectivity index (χ4v) is 1.27. The van der Waals surface area contributed by atoms with E-state index in [1.54, 1.807) is 12.1 Å². The fourth-order valence-electron chi connectivity index (χ4n) is 1.27. The molecule has 2 N–H and O–H groups in total. The molecule has 1 aromatic carbocycles. The summed E-state index contributed by atoms with van der Waals surface area (Å²) in [7, 11) is 3.37. The molecule has 0 aliphatic rings. The van der Waals surface area contributed by atoms with Gasteiger partial charge in [-0.3, -0.25) is 0 Å². The lowest BCUT2D eigenvalue weighted by Gasteiger charge is -2.07. The molecule has 1 aromatic rings. The number of hydrogen-bond acceptors (Lipinski definition) is 3. The molecule has 0 atom stereocenters. The number of anilines is 1. The first-order chi connectivity index (χ1) is 7.27. The van der Waals surface area contributed by atoms with E-state index in [0.717, 1.165) is 25.2 Å². The highest BCUT2D eigenvalue weighted by molar-refractivity contribution is 5.47. The van der Waals surface area contributed by atoms with E-state index < -0.39 is 0 Å². The number of methoxy groups -OCH3 is 1. The lowest BCUT2D eigenvalue weighted by Crippen LogP contribution is -2.12. The molecule has 0 fully saturated rings. The standard InChI is InChI=1S/C11H17FN2O/c1-13-6-3-7-14-9-4-5-11(15-2)10(12)8-9/h4-5,8,13-14H,3,6-7H2,1-2H3. The molecule has 0 saturated carbocycles. The molecule has 0 unspecified atom stereocenters. The molecule has 0 aliphatic carbocycles. The first kappa shape index (κ1) is 11.8. The summed E-state index contributed by atoms with van der Waals surface area (Å²) in [5, 5.41) is 6.19. The van der Waals surface area contributed by atoms with Gasteiger partial charge in [0, 0.05) is 18.3 Å². The van der Waals surface area contributed by atoms with E-state index in [9.17, 15) is 4.39 Å². The Morgan fingerprint density at radius 1 is 1.33 bits per heavy atom. The lowest BCUT2D eigenvalue weighted by atomic mass is 10.3. The minimum Gasteiger partial charge on any atom is -0.494 e. The zero-order chi connectivity index (χ0) is 11.1. The summed E-state index contributed by atoms with van der Waals surface area (Å²) in [6.45, 7) is 1.78. The topological polar surface area (TPSA) is 33.3 Å². The Labute approximate surface area is 89.6 Å². The molecule has 84 valence electrons. The highest BCUT2D eigenvalue weighted by Crippen LogP contribution is 2.20. The molecule has 0 heterocycles. The van der Waals surface area contributed by atoms with Crippen molar-refractivity contribution in [2.45, 2.75) is 6.42 Å². The van der Waals surface area contributed by atoms with Crippen molar-refractivity contribution in [3.63, 3.8) is 0 Å². The number of benzene rings is 1. The molecule has 15 heavy (non-hydrogen) atoms. The summed E-state index contributed by atoms with van der Waals surface area (Å²) >= 11 is 0. The van der Waals surface area contributed by atoms with Crippen molar-refractivity contribution in [3.8, 4) is 5.75 Å². The van der Waals surface area contributed by atoms with E-state index in [0.29, 0.717) is 0 Å². The first-order valence-corrected chi connectivity index (χ1v) is 5.00. The Morgan fingerprint density at radius 3 is 2.73 bits per heavy atom. The van der Waals surface area contributed by atoms with Crippen molar-refractivity contribution in [2.24, 2.45) is 0 Å². The quantitative estimate of drug-likeness (QED) is 0.706. The second-order valence-corrected chi connectivity index (χ2v) is 3.23. The highest BCUT2D eigenvalue weighted by atomic mass is 19.1. The van der Waals surface area contributed by atoms with Crippen LogP contribution >= 0.6 is 0 Å². The van der Waals surface area contributed by atoms with Gasteiger partial charge in [0.2, 0.25) is 0 Å². The summed E-state index contributed by atoms with van der Waals surface area (Å²) < 4.78 is 18.1. The molecule has 0 bridgehead atoms. The van der Waals surface area contributed by atoms with E-state index >= 15 is 0 Å². The number of rotatable bonds is 6. The zero-order valence-electron chi connectivity index (χ0n) is 9.14. The van der Waals surface area contributed by atoms with Crippen LogP contribution in [-0.4, -0.2) is 27.2 Å². The van der Waals surface area contributed by atoms with Crippen LogP contribution in [0.5, 0.6) is 5.75 Å². The van der Waals surface area contributed by atoms with Gasteiger partial charge in [0.1, 0.15) is 0 Å². The van der Waals surface area contributed by atoms with Crippen LogP contribution in [0.1, 0.15) is 6.42 Å². The monoisotopic (exact) mass is 212 g/mol. The van der Waals surface area contributed by atoms with Crippen LogP contribution in [-0.2, 0) is 0 Å². The second-order valence-electron chi connectivity index (χ2n) is 3.23. The summed E-state index contributed by atoms with van der Waals surface area (Å²) in [5.74, 6) is -0.0631. The van der Waals surface area contributed by atoms with Crippen LogP contribution in [0, 0.1) is 5.82 Å². The number of hydrogen-bond donors (Lipinski definition) is 2. The van der Waals surface area contributed by atoms with Crippen LogP contribution in [0.15, 0.2) is 18.2 Å². The Kier molecular flexibility index (Phi) is 4.90. The molecule has 3 nitrogen and oxygen atoms in total. The number of ether oxygens (including phenoxy) is 1. The van der Waals surface area contributed by atoms with Crippen molar-refractivity contribution in [1.29, 1.82) is 0 Å². The van der Waals surface area contributed by atoms with E-state index in [2.05, 4.69) is 10.6 Å². The van der Waals surface area contributed by atoms with Gasteiger partial charge < -0.3 is 15.4 Å². The predicted octanol–water partition coefficient (Wildman–Crippen LogP) is 1.86. The highest BCUT2D eigenvalue weighted by Gasteiger charge is 2.02. The first-order valence-electron chi connectivity index (χ1n) is 5.00. The smallest absolute Gasteiger partial charge is 0.167 e. The van der Waals surface area contributed by atoms with Gasteiger partial charge in [-0.25, -0.2) is 4.39 Å². The summed E-state index contributed by atoms with van der Waals surface area (Å²) in [4.78, 5) is 0. The Hall–Kier alpha value is -1.29. The third-order valence-corrected chi connectivity index (χ3v) is 2.08. The Balaban J connectivity index is 2.45. The third-order valence-electron chi connectivity index (χ3n) is 2.08. The predicted molar refractivity (Wildman–Crippen MR) is 60.0 cm³/mol. The second kappa shape index (κ2) is 6.24. The molecule has 0 amide bonds. The van der Waals surface area contributed by atoms with Crippen molar-refractivity contribution in [3.05, 3.63) is 24.0 Å². The summed E-state index contributed by atoms with van der Waals surface area (Å²) in [6, 6.07) is 4.87. The van der Waals surface area contributed by atoms with Crippen LogP contribution in [0.3, 0.4) is 0 Å². The SMILES string of the molecule is CNCCCNc1ccc(OC)c(F)c1. The largest absolute Gasteiger partial charge is 0.494 e. The Bertz CT molecular complexity index is 305. The van der Waals surface area contributed by atoms with Gasteiger partial charge in [-0.1, -0.05) is 0 Å². The van der Waals surface area contributed by atoms with Gasteiger partial charge in [-0.2, -0.15) is 0 Å². The van der Waals surface area contributed by atoms with Gasteiger partial charge in [-0.15, -0.1) is 0 Å². The van der Waals surface area contributed by atoms with Gasteiger partial charge in [-0.05, 0) is 32.1 Å². The summed E-state index contributed by atoms with van der Waals surface area (Å²) in [6.07, 6.45) is 1.00. The van der Waals surface area contributed by atoms with Crippen molar-refractivity contribution in [2.75, 3.05) is 32.6 Å².